The molecule has 0 aliphatic heterocycles. The van der Waals surface area contributed by atoms with Crippen molar-refractivity contribution >= 4 is 0 Å². The fourth-order valence-electron chi connectivity index (χ4n) is 1.24. The van der Waals surface area contributed by atoms with E-state index in [0.29, 0.717) is 0 Å². The van der Waals surface area contributed by atoms with Gasteiger partial charge in [-0.15, -0.1) is 0 Å². The molecule has 0 atom stereocenters. The smallest absolute Gasteiger partial charge is 0.0836 e. The molecule has 0 saturated carbocycles. The van der Waals surface area contributed by atoms with Crippen LogP contribution in [0.1, 0.15) is 55.3 Å². The molecule has 0 aromatic rings. The van der Waals surface area contributed by atoms with E-state index in [2.05, 4.69) is 0 Å². The minimum absolute atomic E-state index is 0.165. The van der Waals surface area contributed by atoms with Crippen LogP contribution in [0.4, 0.5) is 0 Å². The number of methoxy groups -OCH3 is 1. The van der Waals surface area contributed by atoms with Gasteiger partial charge >= 0.3 is 0 Å². The van der Waals surface area contributed by atoms with Crippen LogP contribution in [0.5, 0.6) is 0 Å². The van der Waals surface area contributed by atoms with Crippen molar-refractivity contribution in [2.24, 2.45) is 0 Å². The Labute approximate surface area is 102 Å². The second-order valence-corrected chi connectivity index (χ2v) is 4.63. The van der Waals surface area contributed by atoms with Gasteiger partial charge in [0.1, 0.15) is 0 Å². The van der Waals surface area contributed by atoms with Gasteiger partial charge < -0.3 is 9.47 Å². The molecule has 2 heteroatoms. The lowest BCUT2D eigenvalue weighted by molar-refractivity contribution is 0.0110. The zero-order valence-electron chi connectivity index (χ0n) is 15.6. The van der Waals surface area contributed by atoms with E-state index in [9.17, 15) is 0 Å². The number of rotatable bonds is 5. The molecule has 0 N–H and O–H groups in total. The Balaban J connectivity index is 5.39. The Hall–Kier alpha value is -0.340. The quantitative estimate of drug-likeness (QED) is 0.658. The Morgan fingerprint density at radius 1 is 1.13 bits per heavy atom. The van der Waals surface area contributed by atoms with E-state index >= 15 is 0 Å². The van der Waals surface area contributed by atoms with Crippen LogP contribution in [0, 0.1) is 0 Å². The van der Waals surface area contributed by atoms with Crippen LogP contribution >= 0.6 is 0 Å². The van der Waals surface area contributed by atoms with Crippen LogP contribution in [0.25, 0.3) is 0 Å². The van der Waals surface area contributed by atoms with E-state index in [4.69, 9.17) is 16.3 Å². The molecule has 0 saturated heterocycles. The lowest BCUT2D eigenvalue weighted by atomic mass is 9.87. The van der Waals surface area contributed by atoms with E-state index in [1.807, 2.05) is 27.7 Å². The van der Waals surface area contributed by atoms with Crippen molar-refractivity contribution in [3.8, 4) is 0 Å². The molecule has 0 heterocycles. The normalized spacial score (nSPS) is 21.1. The van der Waals surface area contributed by atoms with Crippen molar-refractivity contribution in [2.45, 2.75) is 59.6 Å². The average Bonchev–Trinajstić information content (AvgIpc) is 2.25. The second-order valence-electron chi connectivity index (χ2n) is 4.63. The summed E-state index contributed by atoms with van der Waals surface area (Å²) in [4.78, 5) is 0. The maximum Gasteiger partial charge on any atom is 0.0836 e. The van der Waals surface area contributed by atoms with Crippen LogP contribution in [0.2, 0.25) is 0 Å². The lowest BCUT2D eigenvalue weighted by Gasteiger charge is -2.33. The van der Waals surface area contributed by atoms with Crippen LogP contribution in [0.15, 0.2) is 11.1 Å². The lowest BCUT2D eigenvalue weighted by Crippen LogP contribution is -2.32. The monoisotopic (exact) mass is 219 g/mol. The largest absolute Gasteiger partial charge is 0.374 e. The van der Waals surface area contributed by atoms with E-state index in [1.165, 1.54) is 0 Å². The zero-order valence-corrected chi connectivity index (χ0v) is 10.6. The van der Waals surface area contributed by atoms with E-state index in [0.717, 1.165) is 11.1 Å². The summed E-state index contributed by atoms with van der Waals surface area (Å²) in [6.07, 6.45) is 0. The van der Waals surface area contributed by atoms with Crippen molar-refractivity contribution in [2.75, 3.05) is 13.6 Å². The fourth-order valence-corrected chi connectivity index (χ4v) is 1.24. The van der Waals surface area contributed by atoms with Crippen molar-refractivity contribution in [3.05, 3.63) is 11.1 Å². The average molecular weight is 219 g/mol. The highest BCUT2D eigenvalue weighted by molar-refractivity contribution is 5.25. The topological polar surface area (TPSA) is 18.5 Å². The molecular weight excluding hydrogens is 188 g/mol. The highest BCUT2D eigenvalue weighted by Crippen LogP contribution is 2.30. The molecule has 0 aromatic heterocycles. The summed E-state index contributed by atoms with van der Waals surface area (Å²) in [5.74, 6) is 0. The molecule has 0 aliphatic rings. The zero-order chi connectivity index (χ0) is 16.4. The van der Waals surface area contributed by atoms with Crippen LogP contribution < -0.4 is 0 Å². The van der Waals surface area contributed by atoms with Crippen LogP contribution in [0.3, 0.4) is 0 Å². The third kappa shape index (κ3) is 3.62. The first-order chi connectivity index (χ1) is 8.78. The molecule has 2 nitrogen and oxygen atoms in total. The van der Waals surface area contributed by atoms with Gasteiger partial charge in [-0.2, -0.15) is 0 Å². The number of hydrogen-bond donors (Lipinski definition) is 0. The van der Waals surface area contributed by atoms with Gasteiger partial charge in [-0.05, 0) is 59.6 Å². The molecule has 0 radical (unpaired) electrons. The molecule has 90 valence electrons. The summed E-state index contributed by atoms with van der Waals surface area (Å²) in [5, 5.41) is 0. The number of hydrogen-bond acceptors (Lipinski definition) is 2. The Morgan fingerprint density at radius 2 is 1.67 bits per heavy atom. The summed E-state index contributed by atoms with van der Waals surface area (Å²) in [6.45, 7) is 6.64. The van der Waals surface area contributed by atoms with Gasteiger partial charge in [-0.3, -0.25) is 0 Å². The minimum atomic E-state index is -2.36. The van der Waals surface area contributed by atoms with E-state index in [1.54, 1.807) is 13.8 Å². The predicted molar refractivity (Wildman–Crippen MR) is 65.2 cm³/mol. The van der Waals surface area contributed by atoms with E-state index in [-0.39, 0.29) is 7.09 Å². The maximum atomic E-state index is 7.59. The second kappa shape index (κ2) is 5.13. The third-order valence-corrected chi connectivity index (χ3v) is 3.04. The first-order valence-corrected chi connectivity index (χ1v) is 4.94. The van der Waals surface area contributed by atoms with Crippen LogP contribution in [-0.2, 0) is 9.47 Å². The highest BCUT2D eigenvalue weighted by Gasteiger charge is 2.28. The highest BCUT2D eigenvalue weighted by atomic mass is 16.5. The Morgan fingerprint density at radius 3 is 2.13 bits per heavy atom. The summed E-state index contributed by atoms with van der Waals surface area (Å²) in [6, 6.07) is 0. The van der Waals surface area contributed by atoms with Gasteiger partial charge in [0.05, 0.1) is 15.3 Å². The summed E-state index contributed by atoms with van der Waals surface area (Å²) in [5.41, 5.74) is -0.0190. The van der Waals surface area contributed by atoms with Gasteiger partial charge in [0.2, 0.25) is 0 Å². The summed E-state index contributed by atoms with van der Waals surface area (Å²) in [7, 11) is -0.165. The molecule has 15 heavy (non-hydrogen) atoms. The number of ether oxygens (including phenoxy) is 2. The maximum absolute atomic E-state index is 7.59. The first-order valence-electron chi connectivity index (χ1n) is 7.80. The van der Waals surface area contributed by atoms with Gasteiger partial charge in [-0.1, -0.05) is 0 Å². The molecule has 0 spiro atoms. The minimum Gasteiger partial charge on any atom is -0.374 e. The molecule has 0 amide bonds. The van der Waals surface area contributed by atoms with Gasteiger partial charge in [0.15, 0.2) is 0 Å². The molecule has 0 fully saturated rings. The van der Waals surface area contributed by atoms with Crippen molar-refractivity contribution < 1.29 is 16.3 Å². The van der Waals surface area contributed by atoms with Crippen molar-refractivity contribution in [3.63, 3.8) is 0 Å². The van der Waals surface area contributed by atoms with Crippen LogP contribution in [-0.4, -0.2) is 24.8 Å². The fraction of sp³-hybridized carbons (Fsp3) is 0.846. The molecule has 0 bridgehead atoms. The Bertz CT molecular complexity index is 362. The van der Waals surface area contributed by atoms with Gasteiger partial charge in [0.25, 0.3) is 0 Å². The van der Waals surface area contributed by atoms with Gasteiger partial charge in [-0.25, -0.2) is 0 Å². The molecule has 0 unspecified atom stereocenters. The Kier molecular flexibility index (Phi) is 2.69. The molecular formula is C13H26O2. The van der Waals surface area contributed by atoms with Crippen molar-refractivity contribution in [1.29, 1.82) is 0 Å². The standard InChI is InChI=1S/C13H26O2/c1-9-15-13(6,7)11(3)10(2)12(4,5)14-8/h9H2,1-8H3/b11-10-/i1D2,8D,9D2. The molecule has 0 aromatic carbocycles. The van der Waals surface area contributed by atoms with Gasteiger partial charge in [0, 0.05) is 16.4 Å². The molecule has 0 aliphatic carbocycles. The third-order valence-electron chi connectivity index (χ3n) is 3.04. The summed E-state index contributed by atoms with van der Waals surface area (Å²) >= 11 is 0. The molecule has 0 rings (SSSR count). The predicted octanol–water partition coefficient (Wildman–Crippen LogP) is 3.56. The SMILES string of the molecule is [2H]COC(C)(C)/C(C)=C(/C)C(C)(C)OC([2H])([2H])C([2H])[2H]. The van der Waals surface area contributed by atoms with Crippen molar-refractivity contribution in [1.82, 2.24) is 0 Å². The summed E-state index contributed by atoms with van der Waals surface area (Å²) < 4.78 is 47.5. The first kappa shape index (κ1) is 7.86. The van der Waals surface area contributed by atoms with E-state index < -0.39 is 24.6 Å².